The number of nitrogens with zero attached hydrogens (tertiary/aromatic N) is 2. The lowest BCUT2D eigenvalue weighted by molar-refractivity contribution is -0.117. The van der Waals surface area contributed by atoms with Crippen LogP contribution in [-0.4, -0.2) is 25.8 Å². The molecule has 0 radical (unpaired) electrons. The highest BCUT2D eigenvalue weighted by atomic mass is 16.5. The van der Waals surface area contributed by atoms with Gasteiger partial charge < -0.3 is 30.4 Å². The molecule has 0 bridgehead atoms. The quantitative estimate of drug-likeness (QED) is 0.491. The summed E-state index contributed by atoms with van der Waals surface area (Å²) in [7, 11) is 3.18. The molecule has 2 aliphatic heterocycles. The Bertz CT molecular complexity index is 1570. The fourth-order valence-electron chi connectivity index (χ4n) is 5.97. The van der Waals surface area contributed by atoms with Gasteiger partial charge in [0, 0.05) is 36.8 Å². The molecule has 6 rings (SSSR count). The molecule has 2 aromatic rings. The van der Waals surface area contributed by atoms with Crippen LogP contribution in [0.2, 0.25) is 0 Å². The Labute approximate surface area is 255 Å². The Morgan fingerprint density at radius 3 is 1.34 bits per heavy atom. The van der Waals surface area contributed by atoms with Gasteiger partial charge in [0.2, 0.25) is 11.8 Å². The molecule has 2 aliphatic carbocycles. The maximum Gasteiger partial charge on any atom is 0.205 e. The molecule has 10 heteroatoms. The van der Waals surface area contributed by atoms with Crippen LogP contribution in [0.1, 0.15) is 61.5 Å². The lowest BCUT2D eigenvalue weighted by atomic mass is 9.77. The second kappa shape index (κ2) is 12.8. The largest absolute Gasteiger partial charge is 0.497 e. The third-order valence-electron chi connectivity index (χ3n) is 8.11. The van der Waals surface area contributed by atoms with Crippen LogP contribution in [0.25, 0.3) is 0 Å². The second-order valence-corrected chi connectivity index (χ2v) is 10.6. The molecule has 4 N–H and O–H groups in total. The predicted octanol–water partition coefficient (Wildman–Crippen LogP) is 5.02. The summed E-state index contributed by atoms with van der Waals surface area (Å²) in [5.74, 6) is 1.99. The Balaban J connectivity index is 0.000000175. The number of ketones is 2. The number of Topliss-reactive ketones (excluding diaryl/α,β-unsaturated/α-hetero) is 2. The zero-order valence-electron chi connectivity index (χ0n) is 24.5. The summed E-state index contributed by atoms with van der Waals surface area (Å²) in [5, 5.41) is 18.9. The molecule has 224 valence electrons. The van der Waals surface area contributed by atoms with Crippen molar-refractivity contribution in [1.82, 2.24) is 0 Å². The molecular formula is C34H32N4O6. The van der Waals surface area contributed by atoms with E-state index in [9.17, 15) is 20.1 Å². The molecule has 0 amide bonds. The highest BCUT2D eigenvalue weighted by Crippen LogP contribution is 2.44. The van der Waals surface area contributed by atoms with Gasteiger partial charge in [0.25, 0.3) is 0 Å². The standard InChI is InChI=1S/2C17H16N2O3/c2*1-21-11-7-5-10(6-8-11)15-12(9-18)17(19)22-14-4-2-3-13(20)16(14)15/h2*5-8,15H,2-4,19H2,1H3/t2*15-/m10/s1. The number of hydrogen-bond donors (Lipinski definition) is 2. The van der Waals surface area contributed by atoms with Crippen molar-refractivity contribution < 1.29 is 28.5 Å². The van der Waals surface area contributed by atoms with E-state index in [1.165, 1.54) is 0 Å². The van der Waals surface area contributed by atoms with Gasteiger partial charge >= 0.3 is 0 Å². The average molecular weight is 593 g/mol. The number of ether oxygens (including phenoxy) is 4. The smallest absolute Gasteiger partial charge is 0.205 e. The minimum Gasteiger partial charge on any atom is -0.497 e. The van der Waals surface area contributed by atoms with E-state index in [1.807, 2.05) is 48.5 Å². The lowest BCUT2D eigenvalue weighted by Crippen LogP contribution is -2.27. The monoisotopic (exact) mass is 592 g/mol. The van der Waals surface area contributed by atoms with Gasteiger partial charge in [-0.05, 0) is 48.2 Å². The Morgan fingerprint density at radius 1 is 0.659 bits per heavy atom. The van der Waals surface area contributed by atoms with Crippen LogP contribution in [0, 0.1) is 22.7 Å². The number of methoxy groups -OCH3 is 2. The molecule has 2 heterocycles. The summed E-state index contributed by atoms with van der Waals surface area (Å²) in [6.45, 7) is 0. The molecule has 0 unspecified atom stereocenters. The predicted molar refractivity (Wildman–Crippen MR) is 159 cm³/mol. The normalized spacial score (nSPS) is 21.1. The highest BCUT2D eigenvalue weighted by molar-refractivity contribution is 6.00. The van der Waals surface area contributed by atoms with Crippen molar-refractivity contribution in [3.8, 4) is 23.6 Å². The number of carbonyl (C=O) groups is 2. The summed E-state index contributed by atoms with van der Waals surface area (Å²) >= 11 is 0. The van der Waals surface area contributed by atoms with Crippen LogP contribution in [0.3, 0.4) is 0 Å². The van der Waals surface area contributed by atoms with Crippen molar-refractivity contribution in [1.29, 1.82) is 10.5 Å². The minimum absolute atomic E-state index is 0.0299. The number of hydrogen-bond acceptors (Lipinski definition) is 10. The van der Waals surface area contributed by atoms with E-state index in [0.717, 1.165) is 35.5 Å². The van der Waals surface area contributed by atoms with Crippen LogP contribution in [0.15, 0.2) is 94.1 Å². The van der Waals surface area contributed by atoms with Crippen LogP contribution in [0.4, 0.5) is 0 Å². The Kier molecular flexibility index (Phi) is 8.73. The Morgan fingerprint density at radius 2 is 1.02 bits per heavy atom. The molecule has 4 aliphatic rings. The van der Waals surface area contributed by atoms with Gasteiger partial charge in [-0.3, -0.25) is 9.59 Å². The van der Waals surface area contributed by atoms with E-state index in [-0.39, 0.29) is 23.3 Å². The van der Waals surface area contributed by atoms with E-state index in [1.54, 1.807) is 14.2 Å². The number of nitriles is 2. The fourth-order valence-corrected chi connectivity index (χ4v) is 5.97. The summed E-state index contributed by atoms with van der Waals surface area (Å²) < 4.78 is 21.4. The zero-order chi connectivity index (χ0) is 31.4. The zero-order valence-corrected chi connectivity index (χ0v) is 24.5. The summed E-state index contributed by atoms with van der Waals surface area (Å²) in [6, 6.07) is 18.8. The number of rotatable bonds is 4. The van der Waals surface area contributed by atoms with Gasteiger partial charge in [-0.1, -0.05) is 24.3 Å². The number of nitrogens with two attached hydrogens (primary N) is 2. The molecule has 2 atom stereocenters. The van der Waals surface area contributed by atoms with Gasteiger partial charge in [0.15, 0.2) is 11.6 Å². The maximum atomic E-state index is 12.4. The SMILES string of the molecule is COc1ccc([C@@H]2C(C#N)=C(N)OC3=C2C(=O)CCC3)cc1.COc1ccc([C@H]2C(C#N)=C(N)OC3=C2C(=O)CCC3)cc1. The maximum absolute atomic E-state index is 12.4. The van der Waals surface area contributed by atoms with Crippen molar-refractivity contribution in [2.75, 3.05) is 14.2 Å². The average Bonchev–Trinajstić information content (AvgIpc) is 3.04. The van der Waals surface area contributed by atoms with E-state index >= 15 is 0 Å². The summed E-state index contributed by atoms with van der Waals surface area (Å²) in [4.78, 5) is 24.7. The first-order chi connectivity index (χ1) is 21.3. The number of allylic oxidation sites excluding steroid dienone is 6. The molecule has 10 nitrogen and oxygen atoms in total. The third-order valence-corrected chi connectivity index (χ3v) is 8.11. The molecule has 0 spiro atoms. The summed E-state index contributed by atoms with van der Waals surface area (Å²) in [5.41, 5.74) is 15.2. The molecule has 0 saturated heterocycles. The third kappa shape index (κ3) is 5.62. The van der Waals surface area contributed by atoms with Gasteiger partial charge in [0.05, 0.1) is 26.1 Å². The molecule has 0 saturated carbocycles. The molecular weight excluding hydrogens is 560 g/mol. The number of carbonyl (C=O) groups excluding carboxylic acids is 2. The van der Waals surface area contributed by atoms with Crippen molar-refractivity contribution in [3.05, 3.63) is 105 Å². The fraction of sp³-hybridized carbons (Fsp3) is 0.294. The van der Waals surface area contributed by atoms with E-state index < -0.39 is 11.8 Å². The van der Waals surface area contributed by atoms with Crippen molar-refractivity contribution >= 4 is 11.6 Å². The molecule has 2 aromatic carbocycles. The van der Waals surface area contributed by atoms with Crippen LogP contribution < -0.4 is 20.9 Å². The Hall–Kier alpha value is -5.48. The van der Waals surface area contributed by atoms with Crippen LogP contribution in [0.5, 0.6) is 11.5 Å². The first-order valence-corrected chi connectivity index (χ1v) is 14.3. The van der Waals surface area contributed by atoms with Gasteiger partial charge in [0.1, 0.15) is 46.3 Å². The van der Waals surface area contributed by atoms with Gasteiger partial charge in [-0.2, -0.15) is 10.5 Å². The van der Waals surface area contributed by atoms with Gasteiger partial charge in [-0.25, -0.2) is 0 Å². The summed E-state index contributed by atoms with van der Waals surface area (Å²) in [6.07, 6.45) is 3.81. The molecule has 0 fully saturated rings. The van der Waals surface area contributed by atoms with Crippen molar-refractivity contribution in [2.45, 2.75) is 50.4 Å². The topological polar surface area (TPSA) is 171 Å². The second-order valence-electron chi connectivity index (χ2n) is 10.6. The van der Waals surface area contributed by atoms with E-state index in [0.29, 0.717) is 59.5 Å². The van der Waals surface area contributed by atoms with Crippen molar-refractivity contribution in [3.63, 3.8) is 0 Å². The van der Waals surface area contributed by atoms with E-state index in [4.69, 9.17) is 30.4 Å². The molecule has 0 aromatic heterocycles. The first-order valence-electron chi connectivity index (χ1n) is 14.3. The highest BCUT2D eigenvalue weighted by Gasteiger charge is 2.39. The lowest BCUT2D eigenvalue weighted by Gasteiger charge is -2.31. The van der Waals surface area contributed by atoms with Crippen LogP contribution >= 0.6 is 0 Å². The number of benzene rings is 2. The van der Waals surface area contributed by atoms with E-state index in [2.05, 4.69) is 12.1 Å². The van der Waals surface area contributed by atoms with Crippen LogP contribution in [-0.2, 0) is 19.1 Å². The molecule has 44 heavy (non-hydrogen) atoms. The van der Waals surface area contributed by atoms with Crippen molar-refractivity contribution in [2.24, 2.45) is 11.5 Å². The van der Waals surface area contributed by atoms with Gasteiger partial charge in [-0.15, -0.1) is 0 Å². The minimum atomic E-state index is -0.451. The first kappa shape index (κ1) is 30.0.